The fourth-order valence-corrected chi connectivity index (χ4v) is 2.96. The molecule has 1 aliphatic heterocycles. The highest BCUT2D eigenvalue weighted by atomic mass is 16.6. The number of benzene rings is 2. The smallest absolute Gasteiger partial charge is 0.270 e. The highest BCUT2D eigenvalue weighted by Gasteiger charge is 2.18. The Morgan fingerprint density at radius 1 is 1.19 bits per heavy atom. The van der Waals surface area contributed by atoms with E-state index in [2.05, 4.69) is 11.0 Å². The molecule has 0 aliphatic carbocycles. The maximum Gasteiger partial charge on any atom is 0.270 e. The third kappa shape index (κ3) is 4.12. The fourth-order valence-electron chi connectivity index (χ4n) is 2.96. The predicted octanol–water partition coefficient (Wildman–Crippen LogP) is 3.37. The second-order valence-corrected chi connectivity index (χ2v) is 5.96. The topological polar surface area (TPSA) is 103 Å². The van der Waals surface area contributed by atoms with E-state index in [4.69, 9.17) is 10.00 Å². The number of anilines is 1. The molecule has 7 nitrogen and oxygen atoms in total. The summed E-state index contributed by atoms with van der Waals surface area (Å²) in [7, 11) is 0. The Balaban J connectivity index is 2.10. The molecular weight excluding hydrogens is 344 g/mol. The molecule has 1 fully saturated rings. The van der Waals surface area contributed by atoms with Gasteiger partial charge in [0.1, 0.15) is 0 Å². The zero-order valence-corrected chi connectivity index (χ0v) is 14.5. The Morgan fingerprint density at radius 2 is 1.96 bits per heavy atom. The van der Waals surface area contributed by atoms with Gasteiger partial charge in [0.2, 0.25) is 0 Å². The van der Waals surface area contributed by atoms with E-state index in [9.17, 15) is 15.4 Å². The van der Waals surface area contributed by atoms with Crippen molar-refractivity contribution in [3.05, 3.63) is 69.3 Å². The number of nitro groups is 1. The molecule has 2 aromatic rings. The molecule has 1 saturated heterocycles. The van der Waals surface area contributed by atoms with Gasteiger partial charge < -0.3 is 9.64 Å². The first-order valence-corrected chi connectivity index (χ1v) is 8.36. The van der Waals surface area contributed by atoms with E-state index in [1.165, 1.54) is 12.1 Å². The molecular formula is C20H16N4O3. The molecule has 0 spiro atoms. The van der Waals surface area contributed by atoms with Gasteiger partial charge in [0, 0.05) is 36.5 Å². The summed E-state index contributed by atoms with van der Waals surface area (Å²) >= 11 is 0. The van der Waals surface area contributed by atoms with Crippen LogP contribution < -0.4 is 4.90 Å². The molecule has 0 aromatic heterocycles. The lowest BCUT2D eigenvalue weighted by molar-refractivity contribution is -0.384. The summed E-state index contributed by atoms with van der Waals surface area (Å²) in [6.07, 6.45) is 1.63. The summed E-state index contributed by atoms with van der Waals surface area (Å²) in [4.78, 5) is 12.8. The maximum atomic E-state index is 11.2. The van der Waals surface area contributed by atoms with Crippen LogP contribution in [0.1, 0.15) is 16.7 Å². The van der Waals surface area contributed by atoms with Crippen molar-refractivity contribution >= 4 is 23.0 Å². The average molecular weight is 360 g/mol. The monoisotopic (exact) mass is 360 g/mol. The van der Waals surface area contributed by atoms with E-state index in [0.29, 0.717) is 48.6 Å². The lowest BCUT2D eigenvalue weighted by Crippen LogP contribution is -2.36. The number of hydrogen-bond acceptors (Lipinski definition) is 6. The highest BCUT2D eigenvalue weighted by Crippen LogP contribution is 2.30. The molecule has 3 rings (SSSR count). The second-order valence-electron chi connectivity index (χ2n) is 5.96. The first kappa shape index (κ1) is 18.1. The van der Waals surface area contributed by atoms with Crippen LogP contribution in [0.5, 0.6) is 0 Å². The molecule has 0 N–H and O–H groups in total. The van der Waals surface area contributed by atoms with Crippen molar-refractivity contribution in [2.24, 2.45) is 0 Å². The van der Waals surface area contributed by atoms with Gasteiger partial charge >= 0.3 is 0 Å². The molecule has 27 heavy (non-hydrogen) atoms. The standard InChI is InChI=1S/C20H16N4O3/c21-13-15-2-1-3-16(10-15)18(14-22)11-17-12-19(24(25)26)4-5-20(17)23-6-8-27-9-7-23/h1-5,10-12H,6-9H2/b18-11+. The van der Waals surface area contributed by atoms with Crippen LogP contribution in [0.25, 0.3) is 11.6 Å². The van der Waals surface area contributed by atoms with Gasteiger partial charge in [-0.15, -0.1) is 0 Å². The molecule has 134 valence electrons. The van der Waals surface area contributed by atoms with Crippen LogP contribution in [-0.4, -0.2) is 31.2 Å². The summed E-state index contributed by atoms with van der Waals surface area (Å²) in [6.45, 7) is 2.50. The van der Waals surface area contributed by atoms with Crippen LogP contribution in [0.3, 0.4) is 0 Å². The number of morpholine rings is 1. The van der Waals surface area contributed by atoms with Crippen LogP contribution in [0.2, 0.25) is 0 Å². The molecule has 2 aromatic carbocycles. The lowest BCUT2D eigenvalue weighted by atomic mass is 10.0. The van der Waals surface area contributed by atoms with E-state index in [1.807, 2.05) is 6.07 Å². The molecule has 0 atom stereocenters. The quantitative estimate of drug-likeness (QED) is 0.358. The number of rotatable bonds is 4. The van der Waals surface area contributed by atoms with Crippen LogP contribution in [0, 0.1) is 32.8 Å². The van der Waals surface area contributed by atoms with E-state index >= 15 is 0 Å². The maximum absolute atomic E-state index is 11.2. The van der Waals surface area contributed by atoms with Gasteiger partial charge in [-0.2, -0.15) is 10.5 Å². The van der Waals surface area contributed by atoms with Crippen molar-refractivity contribution in [1.29, 1.82) is 10.5 Å². The SMILES string of the molecule is N#C/C(=C\c1cc([N+](=O)[O-])ccc1N1CCOCC1)c1cccc(C#N)c1. The number of nitriles is 2. The number of hydrogen-bond donors (Lipinski definition) is 0. The average Bonchev–Trinajstić information content (AvgIpc) is 2.72. The Morgan fingerprint density at radius 3 is 2.63 bits per heavy atom. The van der Waals surface area contributed by atoms with Gasteiger partial charge in [-0.05, 0) is 29.8 Å². The summed E-state index contributed by atoms with van der Waals surface area (Å²) in [5.74, 6) is 0. The molecule has 0 amide bonds. The van der Waals surface area contributed by atoms with E-state index < -0.39 is 4.92 Å². The minimum Gasteiger partial charge on any atom is -0.378 e. The molecule has 1 heterocycles. The minimum atomic E-state index is -0.456. The largest absolute Gasteiger partial charge is 0.378 e. The highest BCUT2D eigenvalue weighted by molar-refractivity contribution is 5.92. The molecule has 0 radical (unpaired) electrons. The van der Waals surface area contributed by atoms with Gasteiger partial charge in [0.25, 0.3) is 5.69 Å². The first-order valence-electron chi connectivity index (χ1n) is 8.36. The molecule has 1 aliphatic rings. The van der Waals surface area contributed by atoms with Crippen LogP contribution >= 0.6 is 0 Å². The molecule has 0 bridgehead atoms. The Hall–Kier alpha value is -3.68. The van der Waals surface area contributed by atoms with Gasteiger partial charge in [0.15, 0.2) is 0 Å². The Bertz CT molecular complexity index is 979. The van der Waals surface area contributed by atoms with Crippen molar-refractivity contribution in [2.45, 2.75) is 0 Å². The lowest BCUT2D eigenvalue weighted by Gasteiger charge is -2.30. The van der Waals surface area contributed by atoms with Crippen LogP contribution in [0.4, 0.5) is 11.4 Å². The van der Waals surface area contributed by atoms with Gasteiger partial charge in [-0.3, -0.25) is 10.1 Å². The van der Waals surface area contributed by atoms with Crippen molar-refractivity contribution in [2.75, 3.05) is 31.2 Å². The van der Waals surface area contributed by atoms with Crippen LogP contribution in [-0.2, 0) is 4.74 Å². The fraction of sp³-hybridized carbons (Fsp3) is 0.200. The normalized spacial score (nSPS) is 14.3. The van der Waals surface area contributed by atoms with E-state index in [1.54, 1.807) is 36.4 Å². The summed E-state index contributed by atoms with van der Waals surface area (Å²) < 4.78 is 5.37. The molecule has 0 unspecified atom stereocenters. The van der Waals surface area contributed by atoms with Crippen molar-refractivity contribution in [3.63, 3.8) is 0 Å². The van der Waals surface area contributed by atoms with E-state index in [0.717, 1.165) is 5.69 Å². The second kappa shape index (κ2) is 8.13. The third-order valence-electron chi connectivity index (χ3n) is 4.30. The minimum absolute atomic E-state index is 0.0404. The van der Waals surface area contributed by atoms with Crippen LogP contribution in [0.15, 0.2) is 42.5 Å². The first-order chi connectivity index (χ1) is 13.1. The number of non-ortho nitro benzene ring substituents is 1. The number of ether oxygens (including phenoxy) is 1. The zero-order valence-electron chi connectivity index (χ0n) is 14.5. The van der Waals surface area contributed by atoms with Gasteiger partial charge in [-0.25, -0.2) is 0 Å². The zero-order chi connectivity index (χ0) is 19.2. The van der Waals surface area contributed by atoms with Crippen molar-refractivity contribution in [3.8, 4) is 12.1 Å². The Kier molecular flexibility index (Phi) is 5.46. The summed E-state index contributed by atoms with van der Waals surface area (Å²) in [5.41, 5.74) is 2.73. The number of allylic oxidation sites excluding steroid dienone is 1. The predicted molar refractivity (Wildman–Crippen MR) is 101 cm³/mol. The molecule has 7 heteroatoms. The van der Waals surface area contributed by atoms with Crippen molar-refractivity contribution < 1.29 is 9.66 Å². The molecule has 0 saturated carbocycles. The van der Waals surface area contributed by atoms with Gasteiger partial charge in [0.05, 0.1) is 41.4 Å². The number of nitro benzene ring substituents is 1. The summed E-state index contributed by atoms with van der Waals surface area (Å²) in [6, 6.07) is 15.5. The van der Waals surface area contributed by atoms with E-state index in [-0.39, 0.29) is 5.69 Å². The van der Waals surface area contributed by atoms with Gasteiger partial charge in [-0.1, -0.05) is 12.1 Å². The summed E-state index contributed by atoms with van der Waals surface area (Å²) in [5, 5.41) is 29.9. The van der Waals surface area contributed by atoms with Crippen molar-refractivity contribution in [1.82, 2.24) is 0 Å². The third-order valence-corrected chi connectivity index (χ3v) is 4.30. The number of nitrogens with zero attached hydrogens (tertiary/aromatic N) is 4. The Labute approximate surface area is 156 Å².